The van der Waals surface area contributed by atoms with Gasteiger partial charge >= 0.3 is 6.18 Å². The van der Waals surface area contributed by atoms with E-state index in [1.165, 1.54) is 6.20 Å². The van der Waals surface area contributed by atoms with Gasteiger partial charge in [0.2, 0.25) is 5.88 Å². The van der Waals surface area contributed by atoms with Gasteiger partial charge in [-0.2, -0.15) is 13.2 Å². The van der Waals surface area contributed by atoms with Gasteiger partial charge in [0, 0.05) is 43.4 Å². The van der Waals surface area contributed by atoms with Crippen molar-refractivity contribution in [2.45, 2.75) is 76.9 Å². The number of hydrogen-bond acceptors (Lipinski definition) is 6. The summed E-state index contributed by atoms with van der Waals surface area (Å²) in [5, 5.41) is 3.07. The number of ether oxygens (including phenoxy) is 1. The van der Waals surface area contributed by atoms with Crippen molar-refractivity contribution in [3.8, 4) is 5.88 Å². The van der Waals surface area contributed by atoms with E-state index >= 15 is 0 Å². The molecule has 37 heavy (non-hydrogen) atoms. The molecule has 10 heteroatoms. The topological polar surface area (TPSA) is 80.2 Å². The summed E-state index contributed by atoms with van der Waals surface area (Å²) in [5.74, 6) is 0.855. The molecule has 0 aromatic carbocycles. The third-order valence-electron chi connectivity index (χ3n) is 7.33. The highest BCUT2D eigenvalue weighted by Crippen LogP contribution is 2.28. The molecule has 0 atom stereocenters. The number of fused-ring (bicyclic) bond motifs is 1. The van der Waals surface area contributed by atoms with Gasteiger partial charge in [0.15, 0.2) is 6.61 Å². The van der Waals surface area contributed by atoms with Crippen molar-refractivity contribution in [3.05, 3.63) is 47.2 Å². The van der Waals surface area contributed by atoms with Crippen LogP contribution in [-0.2, 0) is 24.1 Å². The molecule has 3 heterocycles. The molecule has 0 unspecified atom stereocenters. The first-order chi connectivity index (χ1) is 17.7. The molecular formula is C27H36F3N5O2. The molecule has 1 N–H and O–H groups in total. The lowest BCUT2D eigenvalue weighted by molar-refractivity contribution is -0.134. The second kappa shape index (κ2) is 12.7. The van der Waals surface area contributed by atoms with E-state index in [0.29, 0.717) is 17.5 Å². The zero-order valence-corrected chi connectivity index (χ0v) is 21.4. The van der Waals surface area contributed by atoms with Gasteiger partial charge in [0.1, 0.15) is 0 Å². The van der Waals surface area contributed by atoms with Gasteiger partial charge in [0.25, 0.3) is 5.91 Å². The number of nitrogens with zero attached hydrogens (tertiary/aromatic N) is 4. The summed E-state index contributed by atoms with van der Waals surface area (Å²) in [6, 6.07) is 3.90. The molecule has 0 spiro atoms. The highest BCUT2D eigenvalue weighted by molar-refractivity contribution is 5.77. The Morgan fingerprint density at radius 3 is 2.62 bits per heavy atom. The third kappa shape index (κ3) is 8.94. The first-order valence-electron chi connectivity index (χ1n) is 13.2. The molecule has 1 amide bonds. The molecule has 1 aliphatic carbocycles. The summed E-state index contributed by atoms with van der Waals surface area (Å²) in [4.78, 5) is 27.4. The second-order valence-corrected chi connectivity index (χ2v) is 10.2. The molecule has 0 radical (unpaired) electrons. The normalized spacial score (nSPS) is 20.6. The van der Waals surface area contributed by atoms with E-state index in [1.54, 1.807) is 12.3 Å². The predicted molar refractivity (Wildman–Crippen MR) is 133 cm³/mol. The van der Waals surface area contributed by atoms with Gasteiger partial charge in [-0.25, -0.2) is 4.98 Å². The molecule has 7 nitrogen and oxygen atoms in total. The van der Waals surface area contributed by atoms with E-state index < -0.39 is 12.6 Å². The van der Waals surface area contributed by atoms with Crippen molar-refractivity contribution in [3.63, 3.8) is 0 Å². The summed E-state index contributed by atoms with van der Waals surface area (Å²) in [6.07, 6.45) is 5.00. The van der Waals surface area contributed by atoms with E-state index in [4.69, 9.17) is 4.74 Å². The van der Waals surface area contributed by atoms with Gasteiger partial charge in [-0.1, -0.05) is 6.07 Å². The van der Waals surface area contributed by atoms with Crippen molar-refractivity contribution in [2.75, 3.05) is 26.2 Å². The van der Waals surface area contributed by atoms with Crippen LogP contribution in [0.1, 0.15) is 61.2 Å². The highest BCUT2D eigenvalue weighted by atomic mass is 19.4. The molecule has 0 saturated heterocycles. The number of nitrogens with one attached hydrogen (secondary N) is 1. The van der Waals surface area contributed by atoms with Crippen molar-refractivity contribution in [1.29, 1.82) is 0 Å². The Bertz CT molecular complexity index is 1020. The average molecular weight is 520 g/mol. The van der Waals surface area contributed by atoms with Crippen LogP contribution < -0.4 is 10.1 Å². The lowest BCUT2D eigenvalue weighted by Gasteiger charge is -2.30. The van der Waals surface area contributed by atoms with Crippen molar-refractivity contribution >= 4 is 5.91 Å². The number of amides is 1. The number of rotatable bonds is 9. The number of carbonyl (C=O) groups is 1. The molecule has 1 fully saturated rings. The van der Waals surface area contributed by atoms with Crippen LogP contribution in [-0.4, -0.2) is 64.2 Å². The third-order valence-corrected chi connectivity index (χ3v) is 7.33. The van der Waals surface area contributed by atoms with Crippen LogP contribution >= 0.6 is 0 Å². The van der Waals surface area contributed by atoms with Gasteiger partial charge in [-0.15, -0.1) is 0 Å². The summed E-state index contributed by atoms with van der Waals surface area (Å²) >= 11 is 0. The number of aromatic nitrogens is 3. The lowest BCUT2D eigenvalue weighted by Crippen LogP contribution is -2.40. The van der Waals surface area contributed by atoms with Crippen LogP contribution in [0.2, 0.25) is 0 Å². The SMILES string of the molecule is Cc1cnc(OCC(=O)N[C@H]2CC[C@H](CCN3CCc4ccc(CCC(F)(F)F)nc4CC3)CC2)cn1. The second-order valence-electron chi connectivity index (χ2n) is 10.2. The molecule has 4 rings (SSSR count). The molecule has 2 aliphatic rings. The lowest BCUT2D eigenvalue weighted by atomic mass is 9.84. The quantitative estimate of drug-likeness (QED) is 0.535. The Balaban J connectivity index is 1.13. The van der Waals surface area contributed by atoms with E-state index in [9.17, 15) is 18.0 Å². The van der Waals surface area contributed by atoms with Crippen molar-refractivity contribution in [1.82, 2.24) is 25.2 Å². The standard InChI is InChI=1S/C27H36F3N5O2/c1-19-16-32-26(17-31-19)37-18-25(36)34-22-5-2-20(3-6-22)9-13-35-14-10-21-4-7-23(8-12-27(28,29)30)33-24(21)11-15-35/h4,7,16-17,20,22H,2-3,5-6,8-15,18H2,1H3,(H,34,36)/t20-,22-. The van der Waals surface area contributed by atoms with Crippen LogP contribution in [0.3, 0.4) is 0 Å². The zero-order chi connectivity index (χ0) is 26.3. The fourth-order valence-corrected chi connectivity index (χ4v) is 5.13. The summed E-state index contributed by atoms with van der Waals surface area (Å²) < 4.78 is 43.1. The van der Waals surface area contributed by atoms with Gasteiger partial charge in [-0.05, 0) is 76.0 Å². The predicted octanol–water partition coefficient (Wildman–Crippen LogP) is 4.22. The Morgan fingerprint density at radius 1 is 1.11 bits per heavy atom. The average Bonchev–Trinajstić information content (AvgIpc) is 3.08. The van der Waals surface area contributed by atoms with Crippen LogP contribution in [0.25, 0.3) is 0 Å². The Kier molecular flexibility index (Phi) is 9.34. The molecule has 2 aromatic heterocycles. The first kappa shape index (κ1) is 27.3. The number of hydrogen-bond donors (Lipinski definition) is 1. The fraction of sp³-hybridized carbons (Fsp3) is 0.630. The van der Waals surface area contributed by atoms with Crippen LogP contribution in [0, 0.1) is 12.8 Å². The first-order valence-corrected chi connectivity index (χ1v) is 13.2. The largest absolute Gasteiger partial charge is 0.466 e. The summed E-state index contributed by atoms with van der Waals surface area (Å²) in [6.45, 7) is 4.63. The van der Waals surface area contributed by atoms with Gasteiger partial charge < -0.3 is 15.0 Å². The molecule has 1 aliphatic heterocycles. The minimum absolute atomic E-state index is 0.0575. The number of pyridine rings is 1. The van der Waals surface area contributed by atoms with Gasteiger partial charge in [-0.3, -0.25) is 14.8 Å². The van der Waals surface area contributed by atoms with Crippen LogP contribution in [0.4, 0.5) is 13.2 Å². The molecule has 2 aromatic rings. The molecular weight excluding hydrogens is 483 g/mol. The number of aryl methyl sites for hydroxylation is 2. The number of alkyl halides is 3. The minimum Gasteiger partial charge on any atom is -0.466 e. The van der Waals surface area contributed by atoms with E-state index in [1.807, 2.05) is 13.0 Å². The Labute approximate surface area is 216 Å². The van der Waals surface area contributed by atoms with Crippen molar-refractivity contribution < 1.29 is 22.7 Å². The van der Waals surface area contributed by atoms with Crippen LogP contribution in [0.5, 0.6) is 5.88 Å². The van der Waals surface area contributed by atoms with Crippen LogP contribution in [0.15, 0.2) is 24.5 Å². The molecule has 1 saturated carbocycles. The Hall–Kier alpha value is -2.75. The van der Waals surface area contributed by atoms with E-state index in [2.05, 4.69) is 25.2 Å². The molecule has 0 bridgehead atoms. The zero-order valence-electron chi connectivity index (χ0n) is 21.4. The van der Waals surface area contributed by atoms with E-state index in [0.717, 1.165) is 81.5 Å². The van der Waals surface area contributed by atoms with E-state index in [-0.39, 0.29) is 25.0 Å². The summed E-state index contributed by atoms with van der Waals surface area (Å²) in [5.41, 5.74) is 3.44. The maximum Gasteiger partial charge on any atom is 0.389 e. The summed E-state index contributed by atoms with van der Waals surface area (Å²) in [7, 11) is 0. The maximum atomic E-state index is 12.6. The van der Waals surface area contributed by atoms with Crippen molar-refractivity contribution in [2.24, 2.45) is 5.92 Å². The molecule has 202 valence electrons. The smallest absolute Gasteiger partial charge is 0.389 e. The Morgan fingerprint density at radius 2 is 1.89 bits per heavy atom. The highest BCUT2D eigenvalue weighted by Gasteiger charge is 2.27. The monoisotopic (exact) mass is 519 g/mol. The fourth-order valence-electron chi connectivity index (χ4n) is 5.13. The maximum absolute atomic E-state index is 12.6. The minimum atomic E-state index is -4.15. The number of halogens is 3. The van der Waals surface area contributed by atoms with Gasteiger partial charge in [0.05, 0.1) is 18.1 Å². The number of carbonyl (C=O) groups excluding carboxylic acids is 1.